The number of hydrogen-bond donors (Lipinski definition) is 0. The van der Waals surface area contributed by atoms with Crippen LogP contribution in [0.25, 0.3) is 0 Å². The largest absolute Gasteiger partial charge is 0.473 e. The molecule has 25 heavy (non-hydrogen) atoms. The molecule has 0 aliphatic rings. The van der Waals surface area contributed by atoms with Gasteiger partial charge in [0, 0.05) is 32.3 Å². The molecule has 3 rings (SSSR count). The topological polar surface area (TPSA) is 35.0 Å². The van der Waals surface area contributed by atoms with Crippen molar-refractivity contribution in [1.29, 1.82) is 0 Å². The summed E-state index contributed by atoms with van der Waals surface area (Å²) in [7, 11) is 0. The van der Waals surface area contributed by atoms with Gasteiger partial charge in [0.25, 0.3) is 0 Å². The number of aromatic nitrogens is 2. The first-order valence-electron chi connectivity index (χ1n) is 7.69. The molecule has 0 atom stereocenters. The smallest absolute Gasteiger partial charge is 0.217 e. The van der Waals surface area contributed by atoms with Crippen molar-refractivity contribution in [2.24, 2.45) is 0 Å². The molecule has 0 bridgehead atoms. The van der Waals surface area contributed by atoms with E-state index in [9.17, 15) is 0 Å². The van der Waals surface area contributed by atoms with Crippen LogP contribution in [0.15, 0.2) is 59.5 Å². The lowest BCUT2D eigenvalue weighted by Gasteiger charge is -2.09. The van der Waals surface area contributed by atoms with Gasteiger partial charge in [-0.1, -0.05) is 47.5 Å². The third-order valence-corrected chi connectivity index (χ3v) is 5.02. The Kier molecular flexibility index (Phi) is 6.19. The second kappa shape index (κ2) is 8.56. The maximum atomic E-state index is 6.18. The Hall–Kier alpha value is -1.75. The molecule has 0 radical (unpaired) electrons. The molecule has 1 heterocycles. The highest BCUT2D eigenvalue weighted by atomic mass is 35.5. The number of halogens is 2. The van der Waals surface area contributed by atoms with E-state index in [4.69, 9.17) is 27.9 Å². The lowest BCUT2D eigenvalue weighted by atomic mass is 10.2. The average Bonchev–Trinajstić information content (AvgIpc) is 2.60. The van der Waals surface area contributed by atoms with Crippen LogP contribution in [-0.2, 0) is 12.4 Å². The number of thioether (sulfide) groups is 1. The fourth-order valence-corrected chi connectivity index (χ4v) is 3.49. The zero-order chi connectivity index (χ0) is 17.6. The summed E-state index contributed by atoms with van der Waals surface area (Å²) in [5.74, 6) is 1.98. The van der Waals surface area contributed by atoms with Crippen molar-refractivity contribution in [1.82, 2.24) is 9.97 Å². The highest BCUT2D eigenvalue weighted by Crippen LogP contribution is 2.24. The molecule has 1 aromatic heterocycles. The van der Waals surface area contributed by atoms with Crippen LogP contribution in [0, 0.1) is 6.92 Å². The Morgan fingerprint density at radius 1 is 1.00 bits per heavy atom. The molecular formula is C19H16Cl2N2OS. The fourth-order valence-electron chi connectivity index (χ4n) is 2.21. The average molecular weight is 391 g/mol. The second-order valence-corrected chi connectivity index (χ2v) is 7.26. The highest BCUT2D eigenvalue weighted by Gasteiger charge is 2.07. The number of nitrogens with zero attached hydrogens (tertiary/aromatic N) is 2. The van der Waals surface area contributed by atoms with E-state index in [1.807, 2.05) is 37.3 Å². The molecule has 3 aromatic rings. The molecule has 0 aliphatic heterocycles. The molecular weight excluding hydrogens is 375 g/mol. The molecule has 0 fully saturated rings. The molecule has 0 N–H and O–H groups in total. The minimum Gasteiger partial charge on any atom is -0.473 e. The summed E-state index contributed by atoms with van der Waals surface area (Å²) in [6.45, 7) is 2.19. The third kappa shape index (κ3) is 5.36. The predicted molar refractivity (Wildman–Crippen MR) is 104 cm³/mol. The van der Waals surface area contributed by atoms with Gasteiger partial charge in [-0.2, -0.15) is 4.98 Å². The highest BCUT2D eigenvalue weighted by molar-refractivity contribution is 7.98. The van der Waals surface area contributed by atoms with Gasteiger partial charge in [-0.3, -0.25) is 0 Å². The van der Waals surface area contributed by atoms with Gasteiger partial charge >= 0.3 is 0 Å². The van der Waals surface area contributed by atoms with Gasteiger partial charge in [0.05, 0.1) is 5.69 Å². The van der Waals surface area contributed by atoms with Gasteiger partial charge in [0.2, 0.25) is 5.88 Å². The zero-order valence-corrected chi connectivity index (χ0v) is 15.9. The van der Waals surface area contributed by atoms with E-state index < -0.39 is 0 Å². The summed E-state index contributed by atoms with van der Waals surface area (Å²) < 4.78 is 5.80. The molecule has 0 aliphatic carbocycles. The number of aryl methyl sites for hydroxylation is 1. The molecule has 128 valence electrons. The van der Waals surface area contributed by atoms with Crippen LogP contribution in [0.1, 0.15) is 17.1 Å². The van der Waals surface area contributed by atoms with Gasteiger partial charge in [-0.25, -0.2) is 4.98 Å². The first kappa shape index (κ1) is 18.1. The standard InChI is InChI=1S/C19H16Cl2N2OS/c1-13-22-16(12-25-17-5-3-2-4-6-17)10-19(23-13)24-11-14-7-8-15(20)9-18(14)21/h2-10H,11-12H2,1H3. The van der Waals surface area contributed by atoms with Gasteiger partial charge in [0.15, 0.2) is 0 Å². The van der Waals surface area contributed by atoms with Gasteiger partial charge < -0.3 is 4.74 Å². The summed E-state index contributed by atoms with van der Waals surface area (Å²) in [6.07, 6.45) is 0. The Balaban J connectivity index is 1.66. The number of hydrogen-bond acceptors (Lipinski definition) is 4. The van der Waals surface area contributed by atoms with Crippen LogP contribution in [0.5, 0.6) is 5.88 Å². The summed E-state index contributed by atoms with van der Waals surface area (Å²) in [5, 5.41) is 1.19. The van der Waals surface area contributed by atoms with E-state index in [2.05, 4.69) is 22.1 Å². The molecule has 0 saturated carbocycles. The number of rotatable bonds is 6. The van der Waals surface area contributed by atoms with Crippen molar-refractivity contribution in [3.8, 4) is 5.88 Å². The van der Waals surface area contributed by atoms with E-state index in [0.29, 0.717) is 28.4 Å². The maximum Gasteiger partial charge on any atom is 0.217 e. The minimum atomic E-state index is 0.331. The van der Waals surface area contributed by atoms with Crippen molar-refractivity contribution in [2.45, 2.75) is 24.2 Å². The van der Waals surface area contributed by atoms with Crippen LogP contribution < -0.4 is 4.74 Å². The van der Waals surface area contributed by atoms with Crippen molar-refractivity contribution < 1.29 is 4.74 Å². The third-order valence-electron chi connectivity index (χ3n) is 3.39. The second-order valence-electron chi connectivity index (χ2n) is 5.37. The number of benzene rings is 2. The normalized spacial score (nSPS) is 10.7. The van der Waals surface area contributed by atoms with Crippen molar-refractivity contribution in [2.75, 3.05) is 0 Å². The molecule has 0 saturated heterocycles. The van der Waals surface area contributed by atoms with E-state index >= 15 is 0 Å². The molecule has 0 unspecified atom stereocenters. The van der Waals surface area contributed by atoms with Crippen LogP contribution in [-0.4, -0.2) is 9.97 Å². The summed E-state index contributed by atoms with van der Waals surface area (Å²) >= 11 is 13.8. The lowest BCUT2D eigenvalue weighted by molar-refractivity contribution is 0.292. The molecule has 2 aromatic carbocycles. The van der Waals surface area contributed by atoms with Crippen LogP contribution in [0.2, 0.25) is 10.0 Å². The van der Waals surface area contributed by atoms with E-state index in [-0.39, 0.29) is 0 Å². The monoisotopic (exact) mass is 390 g/mol. The van der Waals surface area contributed by atoms with Gasteiger partial charge in [0.1, 0.15) is 12.4 Å². The van der Waals surface area contributed by atoms with Crippen LogP contribution in [0.4, 0.5) is 0 Å². The van der Waals surface area contributed by atoms with Crippen molar-refractivity contribution in [3.63, 3.8) is 0 Å². The van der Waals surface area contributed by atoms with Crippen molar-refractivity contribution in [3.05, 3.63) is 81.7 Å². The molecule has 3 nitrogen and oxygen atoms in total. The van der Waals surface area contributed by atoms with Gasteiger partial charge in [-0.05, 0) is 31.2 Å². The van der Waals surface area contributed by atoms with Crippen LogP contribution >= 0.6 is 35.0 Å². The summed E-state index contributed by atoms with van der Waals surface area (Å²) in [4.78, 5) is 10.0. The van der Waals surface area contributed by atoms with Crippen molar-refractivity contribution >= 4 is 35.0 Å². The van der Waals surface area contributed by atoms with E-state index in [1.165, 1.54) is 4.90 Å². The number of ether oxygens (including phenoxy) is 1. The predicted octanol–water partition coefficient (Wildman–Crippen LogP) is 5.96. The Morgan fingerprint density at radius 3 is 2.56 bits per heavy atom. The zero-order valence-electron chi connectivity index (χ0n) is 13.6. The lowest BCUT2D eigenvalue weighted by Crippen LogP contribution is -2.02. The first-order valence-corrected chi connectivity index (χ1v) is 9.43. The quantitative estimate of drug-likeness (QED) is 0.486. The maximum absolute atomic E-state index is 6.18. The Labute approximate surface area is 161 Å². The van der Waals surface area contributed by atoms with E-state index in [0.717, 1.165) is 17.0 Å². The fraction of sp³-hybridized carbons (Fsp3) is 0.158. The minimum absolute atomic E-state index is 0.331. The Bertz CT molecular complexity index is 859. The summed E-state index contributed by atoms with van der Waals surface area (Å²) in [5.41, 5.74) is 1.79. The SMILES string of the molecule is Cc1nc(CSc2ccccc2)cc(OCc2ccc(Cl)cc2Cl)n1. The summed E-state index contributed by atoms with van der Waals surface area (Å²) in [6, 6.07) is 17.4. The first-order chi connectivity index (χ1) is 12.1. The van der Waals surface area contributed by atoms with Gasteiger partial charge in [-0.15, -0.1) is 11.8 Å². The Morgan fingerprint density at radius 2 is 1.80 bits per heavy atom. The molecule has 0 spiro atoms. The van der Waals surface area contributed by atoms with Crippen LogP contribution in [0.3, 0.4) is 0 Å². The molecule has 0 amide bonds. The molecule has 6 heteroatoms. The van der Waals surface area contributed by atoms with E-state index in [1.54, 1.807) is 23.9 Å².